The van der Waals surface area contributed by atoms with Gasteiger partial charge in [0.15, 0.2) is 0 Å². The first-order chi connectivity index (χ1) is 10.3. The fourth-order valence-electron chi connectivity index (χ4n) is 2.51. The number of rotatable bonds is 7. The minimum Gasteiger partial charge on any atom is -0.444 e. The zero-order chi connectivity index (χ0) is 16.6. The second-order valence-corrected chi connectivity index (χ2v) is 6.92. The Kier molecular flexibility index (Phi) is 8.14. The van der Waals surface area contributed by atoms with Crippen LogP contribution in [-0.4, -0.2) is 67.2 Å². The van der Waals surface area contributed by atoms with Crippen molar-refractivity contribution in [2.45, 2.75) is 64.2 Å². The van der Waals surface area contributed by atoms with Gasteiger partial charge in [0, 0.05) is 32.8 Å². The van der Waals surface area contributed by atoms with Crippen LogP contribution in [0.25, 0.3) is 0 Å². The third-order valence-corrected chi connectivity index (χ3v) is 3.73. The molecule has 1 aliphatic carbocycles. The highest BCUT2D eigenvalue weighted by atomic mass is 16.6. The van der Waals surface area contributed by atoms with Crippen LogP contribution in [0.1, 0.15) is 46.5 Å². The third-order valence-electron chi connectivity index (χ3n) is 3.73. The first-order valence-corrected chi connectivity index (χ1v) is 8.20. The molecule has 1 rings (SSSR count). The molecule has 6 heteroatoms. The fraction of sp³-hybridized carbons (Fsp3) is 0.938. The summed E-state index contributed by atoms with van der Waals surface area (Å²) in [7, 11) is 1.62. The van der Waals surface area contributed by atoms with E-state index in [1.807, 2.05) is 20.8 Å². The standard InChI is InChI=1S/C16H32N2O4/c1-16(2,3)22-15(20)18(11-12-21-4)10-9-17-13-5-7-14(19)8-6-13/h13-14,17,19H,5-12H2,1-4H3. The van der Waals surface area contributed by atoms with Gasteiger partial charge in [0.1, 0.15) is 5.60 Å². The zero-order valence-electron chi connectivity index (χ0n) is 14.4. The number of carbonyl (C=O) groups excluding carboxylic acids is 1. The van der Waals surface area contributed by atoms with E-state index in [2.05, 4.69) is 5.32 Å². The number of carbonyl (C=O) groups is 1. The van der Waals surface area contributed by atoms with Gasteiger partial charge < -0.3 is 24.8 Å². The molecule has 130 valence electrons. The maximum atomic E-state index is 12.2. The monoisotopic (exact) mass is 316 g/mol. The summed E-state index contributed by atoms with van der Waals surface area (Å²) < 4.78 is 10.5. The first kappa shape index (κ1) is 19.2. The average molecular weight is 316 g/mol. The van der Waals surface area contributed by atoms with Crippen LogP contribution in [0.2, 0.25) is 0 Å². The summed E-state index contributed by atoms with van der Waals surface area (Å²) in [5, 5.41) is 13.0. The highest BCUT2D eigenvalue weighted by Gasteiger charge is 2.23. The maximum Gasteiger partial charge on any atom is 0.410 e. The van der Waals surface area contributed by atoms with Gasteiger partial charge in [-0.15, -0.1) is 0 Å². The molecular weight excluding hydrogens is 284 g/mol. The maximum absolute atomic E-state index is 12.2. The number of hydrogen-bond acceptors (Lipinski definition) is 5. The highest BCUT2D eigenvalue weighted by molar-refractivity contribution is 5.68. The van der Waals surface area contributed by atoms with E-state index in [0.717, 1.165) is 32.2 Å². The summed E-state index contributed by atoms with van der Waals surface area (Å²) in [6.07, 6.45) is 3.26. The molecule has 1 aliphatic rings. The molecule has 6 nitrogen and oxygen atoms in total. The van der Waals surface area contributed by atoms with Gasteiger partial charge in [0.25, 0.3) is 0 Å². The van der Waals surface area contributed by atoms with Crippen LogP contribution in [-0.2, 0) is 9.47 Å². The van der Waals surface area contributed by atoms with Crippen molar-refractivity contribution < 1.29 is 19.4 Å². The molecule has 0 atom stereocenters. The number of amides is 1. The van der Waals surface area contributed by atoms with Crippen molar-refractivity contribution in [2.24, 2.45) is 0 Å². The van der Waals surface area contributed by atoms with Gasteiger partial charge in [-0.2, -0.15) is 0 Å². The van der Waals surface area contributed by atoms with Crippen molar-refractivity contribution in [3.05, 3.63) is 0 Å². The third kappa shape index (κ3) is 7.96. The van der Waals surface area contributed by atoms with Crippen molar-refractivity contribution in [2.75, 3.05) is 33.4 Å². The second kappa shape index (κ2) is 9.33. The number of hydrogen-bond donors (Lipinski definition) is 2. The zero-order valence-corrected chi connectivity index (χ0v) is 14.4. The van der Waals surface area contributed by atoms with Crippen LogP contribution in [0.4, 0.5) is 4.79 Å². The second-order valence-electron chi connectivity index (χ2n) is 6.92. The average Bonchev–Trinajstić information content (AvgIpc) is 2.42. The predicted molar refractivity (Wildman–Crippen MR) is 85.9 cm³/mol. The predicted octanol–water partition coefficient (Wildman–Crippen LogP) is 1.76. The van der Waals surface area contributed by atoms with E-state index in [0.29, 0.717) is 25.7 Å². The summed E-state index contributed by atoms with van der Waals surface area (Å²) >= 11 is 0. The Morgan fingerprint density at radius 3 is 2.41 bits per heavy atom. The van der Waals surface area contributed by atoms with Crippen LogP contribution in [0.3, 0.4) is 0 Å². The molecule has 22 heavy (non-hydrogen) atoms. The van der Waals surface area contributed by atoms with Crippen molar-refractivity contribution in [1.82, 2.24) is 10.2 Å². The summed E-state index contributed by atoms with van der Waals surface area (Å²) in [5.74, 6) is 0. The Morgan fingerprint density at radius 1 is 1.23 bits per heavy atom. The van der Waals surface area contributed by atoms with E-state index in [1.165, 1.54) is 0 Å². The molecule has 0 aliphatic heterocycles. The molecule has 0 saturated heterocycles. The minimum atomic E-state index is -0.491. The topological polar surface area (TPSA) is 71.0 Å². The van der Waals surface area contributed by atoms with E-state index >= 15 is 0 Å². The largest absolute Gasteiger partial charge is 0.444 e. The molecule has 0 radical (unpaired) electrons. The molecule has 1 fully saturated rings. The van der Waals surface area contributed by atoms with E-state index in [1.54, 1.807) is 12.0 Å². The lowest BCUT2D eigenvalue weighted by molar-refractivity contribution is 0.0201. The molecule has 0 heterocycles. The molecule has 0 bridgehead atoms. The molecule has 0 unspecified atom stereocenters. The number of ether oxygens (including phenoxy) is 2. The fourth-order valence-corrected chi connectivity index (χ4v) is 2.51. The molecule has 0 aromatic rings. The van der Waals surface area contributed by atoms with Gasteiger partial charge in [-0.1, -0.05) is 0 Å². The van der Waals surface area contributed by atoms with Gasteiger partial charge in [-0.25, -0.2) is 4.79 Å². The van der Waals surface area contributed by atoms with Crippen molar-refractivity contribution in [1.29, 1.82) is 0 Å². The van der Waals surface area contributed by atoms with Crippen molar-refractivity contribution in [3.63, 3.8) is 0 Å². The molecule has 1 amide bonds. The van der Waals surface area contributed by atoms with Crippen molar-refractivity contribution >= 4 is 6.09 Å². The van der Waals surface area contributed by atoms with Gasteiger partial charge in [0.05, 0.1) is 12.7 Å². The summed E-state index contributed by atoms with van der Waals surface area (Å²) in [6, 6.07) is 0.436. The van der Waals surface area contributed by atoms with Crippen LogP contribution >= 0.6 is 0 Å². The quantitative estimate of drug-likeness (QED) is 0.749. The lowest BCUT2D eigenvalue weighted by Crippen LogP contribution is -2.44. The van der Waals surface area contributed by atoms with Crippen LogP contribution < -0.4 is 5.32 Å². The number of aliphatic hydroxyl groups is 1. The molecule has 0 aromatic carbocycles. The number of aliphatic hydroxyl groups excluding tert-OH is 1. The van der Waals surface area contributed by atoms with Gasteiger partial charge in [0.2, 0.25) is 0 Å². The van der Waals surface area contributed by atoms with Gasteiger partial charge in [-0.05, 0) is 46.5 Å². The van der Waals surface area contributed by atoms with Crippen LogP contribution in [0, 0.1) is 0 Å². The first-order valence-electron chi connectivity index (χ1n) is 8.20. The molecular formula is C16H32N2O4. The van der Waals surface area contributed by atoms with E-state index < -0.39 is 5.60 Å². The Labute approximate surface area is 134 Å². The SMILES string of the molecule is COCCN(CCNC1CCC(O)CC1)C(=O)OC(C)(C)C. The lowest BCUT2D eigenvalue weighted by atomic mass is 9.93. The summed E-state index contributed by atoms with van der Waals surface area (Å²) in [6.45, 7) is 7.94. The summed E-state index contributed by atoms with van der Waals surface area (Å²) in [4.78, 5) is 13.9. The number of nitrogens with one attached hydrogen (secondary N) is 1. The Hall–Kier alpha value is -0.850. The minimum absolute atomic E-state index is 0.141. The van der Waals surface area contributed by atoms with Crippen LogP contribution in [0.5, 0.6) is 0 Å². The van der Waals surface area contributed by atoms with Gasteiger partial charge in [-0.3, -0.25) is 0 Å². The van der Waals surface area contributed by atoms with E-state index in [9.17, 15) is 9.90 Å². The Bertz CT molecular complexity index is 323. The summed E-state index contributed by atoms with van der Waals surface area (Å²) in [5.41, 5.74) is -0.491. The molecule has 1 saturated carbocycles. The number of nitrogens with zero attached hydrogens (tertiary/aromatic N) is 1. The number of methoxy groups -OCH3 is 1. The van der Waals surface area contributed by atoms with Crippen LogP contribution in [0.15, 0.2) is 0 Å². The van der Waals surface area contributed by atoms with Crippen molar-refractivity contribution in [3.8, 4) is 0 Å². The van der Waals surface area contributed by atoms with E-state index in [-0.39, 0.29) is 12.2 Å². The smallest absolute Gasteiger partial charge is 0.410 e. The molecule has 2 N–H and O–H groups in total. The highest BCUT2D eigenvalue weighted by Crippen LogP contribution is 2.18. The Balaban J connectivity index is 2.35. The Morgan fingerprint density at radius 2 is 1.86 bits per heavy atom. The lowest BCUT2D eigenvalue weighted by Gasteiger charge is -2.29. The van der Waals surface area contributed by atoms with E-state index in [4.69, 9.17) is 9.47 Å². The normalized spacial score (nSPS) is 22.4. The molecule has 0 aromatic heterocycles. The van der Waals surface area contributed by atoms with Gasteiger partial charge >= 0.3 is 6.09 Å². The molecule has 0 spiro atoms.